The van der Waals surface area contributed by atoms with Gasteiger partial charge in [0, 0.05) is 10.8 Å². The summed E-state index contributed by atoms with van der Waals surface area (Å²) in [6.45, 7) is 4.14. The topological polar surface area (TPSA) is 55.4 Å². The third-order valence-corrected chi connectivity index (χ3v) is 4.60. The lowest BCUT2D eigenvalue weighted by Crippen LogP contribution is -2.36. The maximum Gasteiger partial charge on any atom is 0.408 e. The van der Waals surface area contributed by atoms with Gasteiger partial charge in [-0.2, -0.15) is 0 Å². The number of alkyl carbamates (subject to hydrolysis) is 1. The molecule has 0 saturated heterocycles. The van der Waals surface area contributed by atoms with E-state index in [0.29, 0.717) is 0 Å². The number of benzene rings is 1. The van der Waals surface area contributed by atoms with Crippen molar-refractivity contribution < 1.29 is 14.3 Å². The quantitative estimate of drug-likeness (QED) is 0.774. The smallest absolute Gasteiger partial charge is 0.408 e. The van der Waals surface area contributed by atoms with E-state index in [9.17, 15) is 9.59 Å². The highest BCUT2D eigenvalue weighted by Gasteiger charge is 2.28. The van der Waals surface area contributed by atoms with Gasteiger partial charge in [-0.15, -0.1) is 11.3 Å². The molecule has 2 rings (SSSR count). The molecule has 5 heteroatoms. The molecule has 0 aliphatic heterocycles. The lowest BCUT2D eigenvalue weighted by Gasteiger charge is -2.25. The van der Waals surface area contributed by atoms with Crippen LogP contribution in [0.2, 0.25) is 0 Å². The van der Waals surface area contributed by atoms with E-state index in [1.54, 1.807) is 0 Å². The van der Waals surface area contributed by atoms with Gasteiger partial charge in [-0.1, -0.05) is 50.2 Å². The van der Waals surface area contributed by atoms with Crippen LogP contribution in [-0.4, -0.2) is 12.4 Å². The largest absolute Gasteiger partial charge is 0.445 e. The molecule has 0 aliphatic rings. The zero-order chi connectivity index (χ0) is 16.7. The number of nitrogens with one attached hydrogen (secondary N) is 1. The summed E-state index contributed by atoms with van der Waals surface area (Å²) in [6, 6.07) is 13.0. The van der Waals surface area contributed by atoms with E-state index in [1.165, 1.54) is 11.3 Å². The Balaban J connectivity index is 2.02. The first kappa shape index (κ1) is 17.2. The zero-order valence-corrected chi connectivity index (χ0v) is 14.1. The third-order valence-electron chi connectivity index (χ3n) is 3.65. The van der Waals surface area contributed by atoms with Gasteiger partial charge in [-0.25, -0.2) is 4.79 Å². The molecule has 23 heavy (non-hydrogen) atoms. The minimum absolute atomic E-state index is 0.119. The highest BCUT2D eigenvalue weighted by molar-refractivity contribution is 7.10. The summed E-state index contributed by atoms with van der Waals surface area (Å²) >= 11 is 1.52. The van der Waals surface area contributed by atoms with Crippen molar-refractivity contribution in [2.45, 2.75) is 26.5 Å². The van der Waals surface area contributed by atoms with Gasteiger partial charge in [0.15, 0.2) is 0 Å². The first-order valence-corrected chi connectivity index (χ1v) is 8.45. The molecule has 1 heterocycles. The fraction of sp³-hybridized carbons (Fsp3) is 0.333. The van der Waals surface area contributed by atoms with E-state index in [1.807, 2.05) is 61.7 Å². The molecule has 0 unspecified atom stereocenters. The van der Waals surface area contributed by atoms with Gasteiger partial charge >= 0.3 is 6.09 Å². The fourth-order valence-electron chi connectivity index (χ4n) is 2.34. The van der Waals surface area contributed by atoms with Crippen LogP contribution in [0.1, 0.15) is 30.3 Å². The molecule has 4 nitrogen and oxygen atoms in total. The molecule has 0 bridgehead atoms. The second kappa shape index (κ2) is 8.48. The van der Waals surface area contributed by atoms with Gasteiger partial charge in [0.05, 0.1) is 6.04 Å². The minimum Gasteiger partial charge on any atom is -0.445 e. The van der Waals surface area contributed by atoms with E-state index < -0.39 is 6.09 Å². The first-order valence-electron chi connectivity index (χ1n) is 7.57. The van der Waals surface area contributed by atoms with Crippen LogP contribution in [0.15, 0.2) is 47.8 Å². The Morgan fingerprint density at radius 1 is 1.22 bits per heavy atom. The Morgan fingerprint density at radius 3 is 2.52 bits per heavy atom. The molecule has 2 atom stereocenters. The highest BCUT2D eigenvalue weighted by Crippen LogP contribution is 2.29. The zero-order valence-electron chi connectivity index (χ0n) is 13.3. The molecule has 1 aromatic heterocycles. The maximum atomic E-state index is 12.1. The lowest BCUT2D eigenvalue weighted by molar-refractivity contribution is -0.113. The van der Waals surface area contributed by atoms with Crippen molar-refractivity contribution in [3.63, 3.8) is 0 Å². The van der Waals surface area contributed by atoms with Crippen molar-refractivity contribution in [2.24, 2.45) is 11.8 Å². The van der Waals surface area contributed by atoms with Crippen molar-refractivity contribution in [1.29, 1.82) is 0 Å². The van der Waals surface area contributed by atoms with Crippen LogP contribution in [-0.2, 0) is 16.1 Å². The van der Waals surface area contributed by atoms with Crippen LogP contribution < -0.4 is 5.32 Å². The fourth-order valence-corrected chi connectivity index (χ4v) is 3.17. The predicted molar refractivity (Wildman–Crippen MR) is 91.2 cm³/mol. The van der Waals surface area contributed by atoms with E-state index in [2.05, 4.69) is 5.32 Å². The Labute approximate surface area is 140 Å². The predicted octanol–water partition coefficient (Wildman–Crippen LogP) is 4.19. The summed E-state index contributed by atoms with van der Waals surface area (Å²) in [7, 11) is 0. The van der Waals surface area contributed by atoms with Crippen molar-refractivity contribution >= 4 is 23.7 Å². The van der Waals surface area contributed by atoms with Crippen LogP contribution in [0.25, 0.3) is 0 Å². The molecule has 1 N–H and O–H groups in total. The van der Waals surface area contributed by atoms with E-state index >= 15 is 0 Å². The number of carbonyl (C=O) groups excluding carboxylic acids is 2. The Kier molecular flexibility index (Phi) is 6.35. The van der Waals surface area contributed by atoms with Crippen molar-refractivity contribution in [3.05, 3.63) is 58.3 Å². The standard InChI is InChI=1S/C18H21NO3S/c1-13(2)15(11-20)17(16-9-6-10-23-16)19-18(21)22-12-14-7-4-3-5-8-14/h3-11,13,15,17H,12H2,1-2H3,(H,19,21)/t15-,17-/m0/s1. The number of hydrogen-bond donors (Lipinski definition) is 1. The van der Waals surface area contributed by atoms with Crippen LogP contribution in [0.5, 0.6) is 0 Å². The van der Waals surface area contributed by atoms with Gasteiger partial charge < -0.3 is 14.8 Å². The average molecular weight is 331 g/mol. The normalized spacial score (nSPS) is 13.3. The van der Waals surface area contributed by atoms with Gasteiger partial charge in [-0.3, -0.25) is 0 Å². The third kappa shape index (κ3) is 4.93. The number of amides is 1. The molecule has 0 aliphatic carbocycles. The van der Waals surface area contributed by atoms with Crippen molar-refractivity contribution in [1.82, 2.24) is 5.32 Å². The molecular weight excluding hydrogens is 310 g/mol. The molecule has 0 fully saturated rings. The maximum absolute atomic E-state index is 12.1. The molecule has 2 aromatic rings. The van der Waals surface area contributed by atoms with E-state index in [0.717, 1.165) is 16.7 Å². The molecule has 0 spiro atoms. The Hall–Kier alpha value is -2.14. The van der Waals surface area contributed by atoms with E-state index in [4.69, 9.17) is 4.74 Å². The minimum atomic E-state index is -0.514. The number of hydrogen-bond acceptors (Lipinski definition) is 4. The highest BCUT2D eigenvalue weighted by atomic mass is 32.1. The first-order chi connectivity index (χ1) is 11.1. The van der Waals surface area contributed by atoms with Gasteiger partial charge in [-0.05, 0) is 22.9 Å². The van der Waals surface area contributed by atoms with Crippen LogP contribution in [0.4, 0.5) is 4.79 Å². The number of thiophene rings is 1. The second-order valence-electron chi connectivity index (χ2n) is 5.66. The van der Waals surface area contributed by atoms with Crippen LogP contribution in [0, 0.1) is 11.8 Å². The number of aldehydes is 1. The molecule has 1 amide bonds. The number of ether oxygens (including phenoxy) is 1. The van der Waals surface area contributed by atoms with Gasteiger partial charge in [0.25, 0.3) is 0 Å². The number of carbonyl (C=O) groups is 2. The van der Waals surface area contributed by atoms with Crippen molar-refractivity contribution in [2.75, 3.05) is 0 Å². The monoisotopic (exact) mass is 331 g/mol. The Morgan fingerprint density at radius 2 is 1.96 bits per heavy atom. The van der Waals surface area contributed by atoms with Crippen molar-refractivity contribution in [3.8, 4) is 0 Å². The summed E-state index contributed by atoms with van der Waals surface area (Å²) < 4.78 is 5.27. The van der Waals surface area contributed by atoms with Crippen LogP contribution in [0.3, 0.4) is 0 Å². The molecule has 0 radical (unpaired) electrons. The molecular formula is C18H21NO3S. The summed E-state index contributed by atoms with van der Waals surface area (Å²) in [6.07, 6.45) is 0.395. The molecule has 1 aromatic carbocycles. The molecule has 122 valence electrons. The number of rotatable bonds is 7. The SMILES string of the molecule is CC(C)[C@H](C=O)[C@H](NC(=O)OCc1ccccc1)c1cccs1. The van der Waals surface area contributed by atoms with E-state index in [-0.39, 0.29) is 24.5 Å². The Bertz CT molecular complexity index is 610. The molecule has 0 saturated carbocycles. The lowest BCUT2D eigenvalue weighted by atomic mass is 9.89. The average Bonchev–Trinajstić information content (AvgIpc) is 3.07. The summed E-state index contributed by atoms with van der Waals surface area (Å²) in [5.74, 6) is -0.174. The van der Waals surface area contributed by atoms with Crippen LogP contribution >= 0.6 is 11.3 Å². The second-order valence-corrected chi connectivity index (χ2v) is 6.64. The van der Waals surface area contributed by atoms with Gasteiger partial charge in [0.1, 0.15) is 12.9 Å². The summed E-state index contributed by atoms with van der Waals surface area (Å²) in [4.78, 5) is 24.5. The summed E-state index contributed by atoms with van der Waals surface area (Å²) in [5.41, 5.74) is 0.922. The van der Waals surface area contributed by atoms with Gasteiger partial charge in [0.2, 0.25) is 0 Å². The summed E-state index contributed by atoms with van der Waals surface area (Å²) in [5, 5.41) is 4.77.